The molecule has 134 valence electrons. The van der Waals surface area contributed by atoms with Crippen LogP contribution >= 0.6 is 15.9 Å². The van der Waals surface area contributed by atoms with Gasteiger partial charge in [0, 0.05) is 10.0 Å². The predicted molar refractivity (Wildman–Crippen MR) is 105 cm³/mol. The number of furan rings is 1. The summed E-state index contributed by atoms with van der Waals surface area (Å²) in [4.78, 5) is 12.0. The van der Waals surface area contributed by atoms with E-state index in [2.05, 4.69) is 21.2 Å². The SMILES string of the molecule is Cc1cccc(OCC(=O)NCc2ccc(-c3ccc(Br)cc3)o2)c1C. The van der Waals surface area contributed by atoms with Crippen LogP contribution in [0.15, 0.2) is 63.5 Å². The van der Waals surface area contributed by atoms with Gasteiger partial charge in [-0.1, -0.05) is 40.2 Å². The van der Waals surface area contributed by atoms with Gasteiger partial charge in [-0.25, -0.2) is 0 Å². The predicted octanol–water partition coefficient (Wildman–Crippen LogP) is 5.02. The highest BCUT2D eigenvalue weighted by atomic mass is 79.9. The number of ether oxygens (including phenoxy) is 1. The van der Waals surface area contributed by atoms with E-state index < -0.39 is 0 Å². The molecule has 1 heterocycles. The molecule has 0 saturated carbocycles. The van der Waals surface area contributed by atoms with Crippen LogP contribution in [0.1, 0.15) is 16.9 Å². The number of hydrogen-bond donors (Lipinski definition) is 1. The molecule has 3 rings (SSSR count). The van der Waals surface area contributed by atoms with Crippen LogP contribution in [0.25, 0.3) is 11.3 Å². The molecule has 0 spiro atoms. The van der Waals surface area contributed by atoms with Gasteiger partial charge in [0.25, 0.3) is 5.91 Å². The first-order chi connectivity index (χ1) is 12.5. The molecule has 3 aromatic rings. The average molecular weight is 414 g/mol. The molecule has 0 aliphatic carbocycles. The maximum Gasteiger partial charge on any atom is 0.258 e. The van der Waals surface area contributed by atoms with E-state index in [4.69, 9.17) is 9.15 Å². The van der Waals surface area contributed by atoms with Crippen molar-refractivity contribution in [1.82, 2.24) is 5.32 Å². The lowest BCUT2D eigenvalue weighted by Gasteiger charge is -2.10. The molecular formula is C21H20BrNO3. The quantitative estimate of drug-likeness (QED) is 0.616. The van der Waals surface area contributed by atoms with Crippen molar-refractivity contribution in [2.45, 2.75) is 20.4 Å². The summed E-state index contributed by atoms with van der Waals surface area (Å²) in [6, 6.07) is 17.4. The van der Waals surface area contributed by atoms with E-state index in [-0.39, 0.29) is 12.5 Å². The molecule has 1 amide bonds. The Kier molecular flexibility index (Phi) is 5.78. The highest BCUT2D eigenvalue weighted by Gasteiger charge is 2.08. The van der Waals surface area contributed by atoms with Crippen molar-refractivity contribution >= 4 is 21.8 Å². The smallest absolute Gasteiger partial charge is 0.258 e. The molecule has 0 atom stereocenters. The average Bonchev–Trinajstić information content (AvgIpc) is 3.11. The molecule has 2 aromatic carbocycles. The fourth-order valence-corrected chi connectivity index (χ4v) is 2.77. The molecule has 26 heavy (non-hydrogen) atoms. The van der Waals surface area contributed by atoms with Gasteiger partial charge in [0.1, 0.15) is 17.3 Å². The van der Waals surface area contributed by atoms with Gasteiger partial charge in [-0.2, -0.15) is 0 Å². The lowest BCUT2D eigenvalue weighted by molar-refractivity contribution is -0.123. The minimum Gasteiger partial charge on any atom is -0.483 e. The van der Waals surface area contributed by atoms with Crippen LogP contribution in [0.5, 0.6) is 5.75 Å². The second-order valence-corrected chi connectivity index (χ2v) is 6.95. The summed E-state index contributed by atoms with van der Waals surface area (Å²) in [5.74, 6) is 2.01. The van der Waals surface area contributed by atoms with Crippen molar-refractivity contribution in [1.29, 1.82) is 0 Å². The number of benzene rings is 2. The Balaban J connectivity index is 1.52. The van der Waals surface area contributed by atoms with Crippen LogP contribution in [-0.2, 0) is 11.3 Å². The first-order valence-corrected chi connectivity index (χ1v) is 9.12. The summed E-state index contributed by atoms with van der Waals surface area (Å²) in [5, 5.41) is 2.81. The Bertz CT molecular complexity index is 900. The number of carbonyl (C=O) groups excluding carboxylic acids is 1. The van der Waals surface area contributed by atoms with Gasteiger partial charge in [-0.3, -0.25) is 4.79 Å². The monoisotopic (exact) mass is 413 g/mol. The van der Waals surface area contributed by atoms with Crippen LogP contribution in [0.2, 0.25) is 0 Å². The van der Waals surface area contributed by atoms with E-state index >= 15 is 0 Å². The van der Waals surface area contributed by atoms with Crippen molar-refractivity contribution < 1.29 is 13.9 Å². The van der Waals surface area contributed by atoms with Crippen LogP contribution < -0.4 is 10.1 Å². The number of amides is 1. The van der Waals surface area contributed by atoms with Gasteiger partial charge in [0.05, 0.1) is 6.54 Å². The molecule has 1 aromatic heterocycles. The van der Waals surface area contributed by atoms with E-state index in [1.165, 1.54) is 0 Å². The summed E-state index contributed by atoms with van der Waals surface area (Å²) in [5.41, 5.74) is 3.17. The highest BCUT2D eigenvalue weighted by molar-refractivity contribution is 9.10. The van der Waals surface area contributed by atoms with Crippen LogP contribution in [0.4, 0.5) is 0 Å². The number of rotatable bonds is 6. The Morgan fingerprint density at radius 1 is 1.08 bits per heavy atom. The van der Waals surface area contributed by atoms with E-state index in [9.17, 15) is 4.79 Å². The minimum atomic E-state index is -0.188. The summed E-state index contributed by atoms with van der Waals surface area (Å²) in [6.45, 7) is 4.30. The van der Waals surface area contributed by atoms with Gasteiger partial charge in [-0.15, -0.1) is 0 Å². The van der Waals surface area contributed by atoms with Gasteiger partial charge in [-0.05, 0) is 55.3 Å². The van der Waals surface area contributed by atoms with Gasteiger partial charge in [0.2, 0.25) is 0 Å². The maximum absolute atomic E-state index is 12.0. The molecule has 5 heteroatoms. The molecule has 0 aliphatic heterocycles. The van der Waals surface area contributed by atoms with Gasteiger partial charge in [0.15, 0.2) is 6.61 Å². The molecule has 0 fully saturated rings. The summed E-state index contributed by atoms with van der Waals surface area (Å²) in [7, 11) is 0. The minimum absolute atomic E-state index is 0.0232. The number of halogens is 1. The van der Waals surface area contributed by atoms with Crippen LogP contribution in [-0.4, -0.2) is 12.5 Å². The van der Waals surface area contributed by atoms with Crippen molar-refractivity contribution in [3.8, 4) is 17.1 Å². The highest BCUT2D eigenvalue weighted by Crippen LogP contribution is 2.24. The Hall–Kier alpha value is -2.53. The maximum atomic E-state index is 12.0. The number of nitrogens with one attached hydrogen (secondary N) is 1. The third-order valence-electron chi connectivity index (χ3n) is 4.16. The van der Waals surface area contributed by atoms with Crippen LogP contribution in [0, 0.1) is 13.8 Å². The third kappa shape index (κ3) is 4.55. The number of carbonyl (C=O) groups is 1. The first-order valence-electron chi connectivity index (χ1n) is 8.33. The lowest BCUT2D eigenvalue weighted by atomic mass is 10.1. The normalized spacial score (nSPS) is 10.6. The zero-order chi connectivity index (χ0) is 18.5. The molecule has 0 saturated heterocycles. The van der Waals surface area contributed by atoms with Crippen LogP contribution in [0.3, 0.4) is 0 Å². The second kappa shape index (κ2) is 8.23. The fourth-order valence-electron chi connectivity index (χ4n) is 2.50. The van der Waals surface area contributed by atoms with E-state index in [0.29, 0.717) is 12.3 Å². The molecule has 0 bridgehead atoms. The molecule has 1 N–H and O–H groups in total. The van der Waals surface area contributed by atoms with Gasteiger partial charge < -0.3 is 14.5 Å². The van der Waals surface area contributed by atoms with Crippen molar-refractivity contribution in [3.05, 3.63) is 76.0 Å². The number of hydrogen-bond acceptors (Lipinski definition) is 3. The third-order valence-corrected chi connectivity index (χ3v) is 4.69. The Morgan fingerprint density at radius 2 is 1.85 bits per heavy atom. The zero-order valence-corrected chi connectivity index (χ0v) is 16.3. The summed E-state index contributed by atoms with van der Waals surface area (Å²) in [6.07, 6.45) is 0. The topological polar surface area (TPSA) is 51.5 Å². The van der Waals surface area contributed by atoms with E-state index in [1.807, 2.05) is 68.4 Å². The molecule has 0 radical (unpaired) electrons. The zero-order valence-electron chi connectivity index (χ0n) is 14.7. The molecule has 0 unspecified atom stereocenters. The molecule has 4 nitrogen and oxygen atoms in total. The fraction of sp³-hybridized carbons (Fsp3) is 0.190. The van der Waals surface area contributed by atoms with Crippen molar-refractivity contribution in [2.75, 3.05) is 6.61 Å². The van der Waals surface area contributed by atoms with Gasteiger partial charge >= 0.3 is 0 Å². The molecule has 0 aliphatic rings. The Labute approximate surface area is 161 Å². The molecular weight excluding hydrogens is 394 g/mol. The first kappa shape index (κ1) is 18.3. The Morgan fingerprint density at radius 3 is 2.62 bits per heavy atom. The van der Waals surface area contributed by atoms with E-state index in [1.54, 1.807) is 0 Å². The van der Waals surface area contributed by atoms with E-state index in [0.717, 1.165) is 32.7 Å². The van der Waals surface area contributed by atoms with Crippen molar-refractivity contribution in [3.63, 3.8) is 0 Å². The standard InChI is InChI=1S/C21H20BrNO3/c1-14-4-3-5-19(15(14)2)25-13-21(24)23-12-18-10-11-20(26-18)16-6-8-17(22)9-7-16/h3-11H,12-13H2,1-2H3,(H,23,24). The van der Waals surface area contributed by atoms with Crippen molar-refractivity contribution in [2.24, 2.45) is 0 Å². The largest absolute Gasteiger partial charge is 0.483 e. The lowest BCUT2D eigenvalue weighted by Crippen LogP contribution is -2.28. The second-order valence-electron chi connectivity index (χ2n) is 6.04. The summed E-state index contributed by atoms with van der Waals surface area (Å²) < 4.78 is 12.4. The summed E-state index contributed by atoms with van der Waals surface area (Å²) >= 11 is 3.41. The number of aryl methyl sites for hydroxylation is 1.